The maximum Gasteiger partial charge on any atom is 0.280 e. The molecule has 1 amide bonds. The van der Waals surface area contributed by atoms with Gasteiger partial charge in [0.1, 0.15) is 0 Å². The number of carbonyl (C=O) groups is 1. The van der Waals surface area contributed by atoms with Crippen molar-refractivity contribution in [3.8, 4) is 0 Å². The van der Waals surface area contributed by atoms with E-state index in [-0.39, 0.29) is 5.91 Å². The molecule has 130 valence electrons. The van der Waals surface area contributed by atoms with Gasteiger partial charge in [-0.1, -0.05) is 12.1 Å². The molecule has 0 saturated carbocycles. The number of thiophene rings is 1. The van der Waals surface area contributed by atoms with Gasteiger partial charge < -0.3 is 5.32 Å². The Balaban J connectivity index is 1.25. The molecule has 25 heavy (non-hydrogen) atoms. The fourth-order valence-corrected chi connectivity index (χ4v) is 4.81. The minimum atomic E-state index is -0.0399. The standard InChI is InChI=1S/C19H21N3OS2/c23-18(19-21-16-3-1-2-4-17(16)25-19)20-11-14-5-8-22(9-6-14)12-15-7-10-24-13-15/h1-4,7,10,13-14H,5-6,8-9,11-12H2,(H,20,23). The zero-order chi connectivity index (χ0) is 17.1. The van der Waals surface area contributed by atoms with Crippen molar-refractivity contribution in [2.75, 3.05) is 19.6 Å². The van der Waals surface area contributed by atoms with E-state index in [0.29, 0.717) is 10.9 Å². The van der Waals surface area contributed by atoms with Crippen molar-refractivity contribution in [3.63, 3.8) is 0 Å². The molecule has 0 aliphatic carbocycles. The minimum Gasteiger partial charge on any atom is -0.350 e. The number of para-hydroxylation sites is 1. The van der Waals surface area contributed by atoms with Gasteiger partial charge in [-0.15, -0.1) is 11.3 Å². The normalized spacial score (nSPS) is 16.3. The third kappa shape index (κ3) is 4.08. The first-order valence-corrected chi connectivity index (χ1v) is 10.4. The van der Waals surface area contributed by atoms with Crippen LogP contribution in [-0.4, -0.2) is 35.4 Å². The van der Waals surface area contributed by atoms with Crippen LogP contribution in [0.4, 0.5) is 0 Å². The molecule has 0 atom stereocenters. The minimum absolute atomic E-state index is 0.0399. The Bertz CT molecular complexity index is 802. The summed E-state index contributed by atoms with van der Waals surface area (Å²) >= 11 is 3.22. The van der Waals surface area contributed by atoms with E-state index < -0.39 is 0 Å². The van der Waals surface area contributed by atoms with Gasteiger partial charge in [0.25, 0.3) is 5.91 Å². The molecule has 0 bridgehead atoms. The van der Waals surface area contributed by atoms with Crippen molar-refractivity contribution in [1.29, 1.82) is 0 Å². The summed E-state index contributed by atoms with van der Waals surface area (Å²) in [5.41, 5.74) is 2.31. The second kappa shape index (κ2) is 7.64. The molecule has 0 unspecified atom stereocenters. The van der Waals surface area contributed by atoms with Gasteiger partial charge in [-0.3, -0.25) is 9.69 Å². The number of aromatic nitrogens is 1. The van der Waals surface area contributed by atoms with Gasteiger partial charge in [-0.2, -0.15) is 11.3 Å². The number of fused-ring (bicyclic) bond motifs is 1. The Morgan fingerprint density at radius 3 is 2.84 bits per heavy atom. The van der Waals surface area contributed by atoms with Gasteiger partial charge >= 0.3 is 0 Å². The topological polar surface area (TPSA) is 45.2 Å². The monoisotopic (exact) mass is 371 g/mol. The van der Waals surface area contributed by atoms with Crippen LogP contribution < -0.4 is 5.32 Å². The van der Waals surface area contributed by atoms with E-state index in [0.717, 1.165) is 49.2 Å². The summed E-state index contributed by atoms with van der Waals surface area (Å²) in [7, 11) is 0. The number of carbonyl (C=O) groups excluding carboxylic acids is 1. The molecule has 1 saturated heterocycles. The predicted molar refractivity (Wildman–Crippen MR) is 104 cm³/mol. The van der Waals surface area contributed by atoms with Crippen molar-refractivity contribution in [2.45, 2.75) is 19.4 Å². The highest BCUT2D eigenvalue weighted by Gasteiger charge is 2.21. The molecule has 3 aromatic rings. The summed E-state index contributed by atoms with van der Waals surface area (Å²) in [4.78, 5) is 19.3. The van der Waals surface area contributed by atoms with Crippen LogP contribution in [0, 0.1) is 5.92 Å². The molecule has 1 aliphatic heterocycles. The first kappa shape index (κ1) is 16.7. The SMILES string of the molecule is O=C(NCC1CCN(Cc2ccsc2)CC1)c1nc2ccccc2s1. The molecule has 0 radical (unpaired) electrons. The summed E-state index contributed by atoms with van der Waals surface area (Å²) in [5, 5.41) is 8.01. The highest BCUT2D eigenvalue weighted by molar-refractivity contribution is 7.20. The average molecular weight is 372 g/mol. The van der Waals surface area contributed by atoms with E-state index in [2.05, 4.69) is 32.0 Å². The fourth-order valence-electron chi connectivity index (χ4n) is 3.27. The second-order valence-corrected chi connectivity index (χ2v) is 8.36. The maximum absolute atomic E-state index is 12.4. The van der Waals surface area contributed by atoms with Crippen LogP contribution in [0.2, 0.25) is 0 Å². The molecule has 1 aromatic carbocycles. The number of piperidine rings is 1. The van der Waals surface area contributed by atoms with Crippen LogP contribution in [0.3, 0.4) is 0 Å². The Morgan fingerprint density at radius 1 is 1.24 bits per heavy atom. The van der Waals surface area contributed by atoms with Crippen LogP contribution >= 0.6 is 22.7 Å². The third-order valence-electron chi connectivity index (χ3n) is 4.73. The van der Waals surface area contributed by atoms with E-state index >= 15 is 0 Å². The van der Waals surface area contributed by atoms with Crippen molar-refractivity contribution >= 4 is 38.8 Å². The molecule has 0 spiro atoms. The van der Waals surface area contributed by atoms with Gasteiger partial charge in [0.05, 0.1) is 10.2 Å². The quantitative estimate of drug-likeness (QED) is 0.737. The van der Waals surface area contributed by atoms with Crippen LogP contribution in [0.1, 0.15) is 28.2 Å². The van der Waals surface area contributed by atoms with Crippen LogP contribution in [0.5, 0.6) is 0 Å². The Hall–Kier alpha value is -1.76. The van der Waals surface area contributed by atoms with Gasteiger partial charge in [0.15, 0.2) is 5.01 Å². The summed E-state index contributed by atoms with van der Waals surface area (Å²) in [6, 6.07) is 10.1. The summed E-state index contributed by atoms with van der Waals surface area (Å²) in [6.07, 6.45) is 2.29. The summed E-state index contributed by atoms with van der Waals surface area (Å²) in [6.45, 7) is 4.02. The molecule has 2 aromatic heterocycles. The van der Waals surface area contributed by atoms with E-state index in [1.165, 1.54) is 16.9 Å². The first-order valence-electron chi connectivity index (χ1n) is 8.65. The average Bonchev–Trinajstić information content (AvgIpc) is 3.30. The highest BCUT2D eigenvalue weighted by atomic mass is 32.1. The lowest BCUT2D eigenvalue weighted by molar-refractivity contribution is 0.0935. The van der Waals surface area contributed by atoms with Gasteiger partial charge in [-0.05, 0) is 66.4 Å². The molecule has 4 rings (SSSR count). The lowest BCUT2D eigenvalue weighted by Gasteiger charge is -2.31. The third-order valence-corrected chi connectivity index (χ3v) is 6.50. The number of thiazole rings is 1. The van der Waals surface area contributed by atoms with Crippen molar-refractivity contribution in [2.24, 2.45) is 5.92 Å². The molecule has 1 fully saturated rings. The highest BCUT2D eigenvalue weighted by Crippen LogP contribution is 2.22. The summed E-state index contributed by atoms with van der Waals surface area (Å²) < 4.78 is 1.06. The molecule has 4 nitrogen and oxygen atoms in total. The number of benzene rings is 1. The fraction of sp³-hybridized carbons (Fsp3) is 0.368. The molecule has 3 heterocycles. The molecule has 1 N–H and O–H groups in total. The van der Waals surface area contributed by atoms with E-state index in [1.807, 2.05) is 24.3 Å². The Morgan fingerprint density at radius 2 is 2.08 bits per heavy atom. The number of hydrogen-bond donors (Lipinski definition) is 1. The van der Waals surface area contributed by atoms with Crippen LogP contribution in [0.15, 0.2) is 41.1 Å². The van der Waals surface area contributed by atoms with Crippen molar-refractivity contribution < 1.29 is 4.79 Å². The molecular formula is C19H21N3OS2. The Labute approximate surface area is 155 Å². The van der Waals surface area contributed by atoms with E-state index in [4.69, 9.17) is 0 Å². The van der Waals surface area contributed by atoms with E-state index in [9.17, 15) is 4.79 Å². The predicted octanol–water partition coefficient (Wildman–Crippen LogP) is 4.00. The largest absolute Gasteiger partial charge is 0.350 e. The number of hydrogen-bond acceptors (Lipinski definition) is 5. The van der Waals surface area contributed by atoms with Crippen molar-refractivity contribution in [1.82, 2.24) is 15.2 Å². The van der Waals surface area contributed by atoms with Crippen molar-refractivity contribution in [3.05, 3.63) is 51.7 Å². The zero-order valence-corrected chi connectivity index (χ0v) is 15.6. The molecule has 1 aliphatic rings. The van der Waals surface area contributed by atoms with E-state index in [1.54, 1.807) is 11.3 Å². The van der Waals surface area contributed by atoms with Gasteiger partial charge in [0.2, 0.25) is 0 Å². The first-order chi connectivity index (χ1) is 12.3. The summed E-state index contributed by atoms with van der Waals surface area (Å²) in [5.74, 6) is 0.527. The number of rotatable bonds is 5. The van der Waals surface area contributed by atoms with Crippen LogP contribution in [-0.2, 0) is 6.54 Å². The van der Waals surface area contributed by atoms with Gasteiger partial charge in [0, 0.05) is 13.1 Å². The smallest absolute Gasteiger partial charge is 0.280 e. The molecular weight excluding hydrogens is 350 g/mol. The zero-order valence-electron chi connectivity index (χ0n) is 14.0. The number of nitrogens with one attached hydrogen (secondary N) is 1. The lowest BCUT2D eigenvalue weighted by atomic mass is 9.96. The maximum atomic E-state index is 12.4. The number of likely N-dealkylation sites (tertiary alicyclic amines) is 1. The van der Waals surface area contributed by atoms with Gasteiger partial charge in [-0.25, -0.2) is 4.98 Å². The lowest BCUT2D eigenvalue weighted by Crippen LogP contribution is -2.38. The number of nitrogens with zero attached hydrogens (tertiary/aromatic N) is 2. The number of amides is 1. The second-order valence-electron chi connectivity index (χ2n) is 6.55. The molecule has 6 heteroatoms. The van der Waals surface area contributed by atoms with Crippen LogP contribution in [0.25, 0.3) is 10.2 Å². The Kier molecular flexibility index (Phi) is 5.10.